The van der Waals surface area contributed by atoms with E-state index in [0.717, 1.165) is 12.1 Å². The third-order valence-electron chi connectivity index (χ3n) is 4.40. The average Bonchev–Trinajstić information content (AvgIpc) is 2.72. The zero-order valence-electron chi connectivity index (χ0n) is 16.0. The van der Waals surface area contributed by atoms with Crippen LogP contribution in [0, 0.1) is 10.1 Å². The smallest absolute Gasteiger partial charge is 0.269 e. The maximum atomic E-state index is 12.5. The van der Waals surface area contributed by atoms with Crippen molar-refractivity contribution in [1.29, 1.82) is 0 Å². The summed E-state index contributed by atoms with van der Waals surface area (Å²) < 4.78 is 5.81. The molecule has 1 aliphatic rings. The van der Waals surface area contributed by atoms with Gasteiger partial charge in [0, 0.05) is 24.4 Å². The number of fused-ring (bicyclic) bond motifs is 1. The largest absolute Gasteiger partial charge is 0.477 e. The Labute approximate surface area is 167 Å². The van der Waals surface area contributed by atoms with Crippen molar-refractivity contribution in [1.82, 2.24) is 5.32 Å². The van der Waals surface area contributed by atoms with Gasteiger partial charge in [0.05, 0.1) is 23.7 Å². The molecule has 152 valence electrons. The van der Waals surface area contributed by atoms with Gasteiger partial charge in [-0.3, -0.25) is 19.7 Å². The molecule has 2 aromatic carbocycles. The highest BCUT2D eigenvalue weighted by molar-refractivity contribution is 5.95. The number of nitro groups is 1. The SMILES string of the molecule is CCCNC(=O)[C@H]1CN(CC(=O)Nc2ccc([N+](=O)[O-])cc2)c2ccccc2O1. The predicted octanol–water partition coefficient (Wildman–Crippen LogP) is 2.33. The summed E-state index contributed by atoms with van der Waals surface area (Å²) in [6, 6.07) is 12.8. The van der Waals surface area contributed by atoms with Crippen LogP contribution in [0.4, 0.5) is 17.1 Å². The zero-order valence-corrected chi connectivity index (χ0v) is 16.0. The van der Waals surface area contributed by atoms with E-state index in [1.54, 1.807) is 17.0 Å². The molecule has 2 aromatic rings. The van der Waals surface area contributed by atoms with Crippen LogP contribution >= 0.6 is 0 Å². The molecular formula is C20H22N4O5. The topological polar surface area (TPSA) is 114 Å². The van der Waals surface area contributed by atoms with Gasteiger partial charge in [0.15, 0.2) is 6.10 Å². The maximum absolute atomic E-state index is 12.5. The fraction of sp³-hybridized carbons (Fsp3) is 0.300. The molecule has 0 fully saturated rings. The second-order valence-corrected chi connectivity index (χ2v) is 6.60. The number of rotatable bonds is 7. The van der Waals surface area contributed by atoms with E-state index in [4.69, 9.17) is 4.74 Å². The van der Waals surface area contributed by atoms with Gasteiger partial charge in [-0.2, -0.15) is 0 Å². The van der Waals surface area contributed by atoms with Gasteiger partial charge < -0.3 is 20.3 Å². The van der Waals surface area contributed by atoms with Crippen molar-refractivity contribution in [2.75, 3.05) is 29.9 Å². The number of para-hydroxylation sites is 2. The molecule has 0 aliphatic carbocycles. The molecule has 1 heterocycles. The van der Waals surface area contributed by atoms with Gasteiger partial charge in [-0.25, -0.2) is 0 Å². The third-order valence-corrected chi connectivity index (χ3v) is 4.40. The van der Waals surface area contributed by atoms with E-state index in [1.807, 2.05) is 19.1 Å². The highest BCUT2D eigenvalue weighted by Crippen LogP contribution is 2.33. The van der Waals surface area contributed by atoms with Crippen molar-refractivity contribution in [2.45, 2.75) is 19.4 Å². The summed E-state index contributed by atoms with van der Waals surface area (Å²) in [7, 11) is 0. The molecule has 9 heteroatoms. The van der Waals surface area contributed by atoms with Gasteiger partial charge >= 0.3 is 0 Å². The molecule has 2 N–H and O–H groups in total. The van der Waals surface area contributed by atoms with Crippen LogP contribution in [-0.2, 0) is 9.59 Å². The number of anilines is 2. The van der Waals surface area contributed by atoms with Crippen LogP contribution in [-0.4, -0.2) is 42.5 Å². The lowest BCUT2D eigenvalue weighted by Crippen LogP contribution is -2.50. The van der Waals surface area contributed by atoms with Crippen molar-refractivity contribution < 1.29 is 19.2 Å². The van der Waals surface area contributed by atoms with Crippen LogP contribution in [0.5, 0.6) is 5.75 Å². The van der Waals surface area contributed by atoms with E-state index in [0.29, 0.717) is 18.0 Å². The monoisotopic (exact) mass is 398 g/mol. The normalized spacial score (nSPS) is 15.1. The lowest BCUT2D eigenvalue weighted by atomic mass is 10.1. The second-order valence-electron chi connectivity index (χ2n) is 6.60. The van der Waals surface area contributed by atoms with Gasteiger partial charge in [-0.15, -0.1) is 0 Å². The van der Waals surface area contributed by atoms with Crippen molar-refractivity contribution >= 4 is 28.9 Å². The van der Waals surface area contributed by atoms with Crippen molar-refractivity contribution in [2.24, 2.45) is 0 Å². The summed E-state index contributed by atoms with van der Waals surface area (Å²) in [5, 5.41) is 16.3. The van der Waals surface area contributed by atoms with E-state index in [1.165, 1.54) is 24.3 Å². The Hall–Kier alpha value is -3.62. The van der Waals surface area contributed by atoms with E-state index >= 15 is 0 Å². The van der Waals surface area contributed by atoms with Gasteiger partial charge in [-0.1, -0.05) is 19.1 Å². The van der Waals surface area contributed by atoms with Gasteiger partial charge in [0.1, 0.15) is 5.75 Å². The average molecular weight is 398 g/mol. The first-order valence-electron chi connectivity index (χ1n) is 9.30. The zero-order chi connectivity index (χ0) is 20.8. The Morgan fingerprint density at radius 1 is 1.21 bits per heavy atom. The lowest BCUT2D eigenvalue weighted by molar-refractivity contribution is -0.384. The minimum absolute atomic E-state index is 0.00885. The molecule has 0 spiro atoms. The summed E-state index contributed by atoms with van der Waals surface area (Å²) in [5.41, 5.74) is 1.14. The molecule has 9 nitrogen and oxygen atoms in total. The number of nitrogens with one attached hydrogen (secondary N) is 2. The molecule has 0 saturated heterocycles. The molecular weight excluding hydrogens is 376 g/mol. The Morgan fingerprint density at radius 3 is 2.62 bits per heavy atom. The Balaban J connectivity index is 1.69. The van der Waals surface area contributed by atoms with Crippen molar-refractivity contribution in [3.63, 3.8) is 0 Å². The van der Waals surface area contributed by atoms with E-state index in [9.17, 15) is 19.7 Å². The highest BCUT2D eigenvalue weighted by atomic mass is 16.6. The molecule has 0 bridgehead atoms. The summed E-state index contributed by atoms with van der Waals surface area (Å²) in [4.78, 5) is 36.9. The number of benzene rings is 2. The molecule has 1 aliphatic heterocycles. The molecule has 1 atom stereocenters. The third kappa shape index (κ3) is 5.01. The number of amides is 2. The molecule has 2 amide bonds. The van der Waals surface area contributed by atoms with E-state index in [2.05, 4.69) is 10.6 Å². The number of hydrogen-bond donors (Lipinski definition) is 2. The summed E-state index contributed by atoms with van der Waals surface area (Å²) in [6.07, 6.45) is 0.0970. The van der Waals surface area contributed by atoms with E-state index < -0.39 is 11.0 Å². The minimum atomic E-state index is -0.719. The Kier molecular flexibility index (Phi) is 6.28. The van der Waals surface area contributed by atoms with E-state index in [-0.39, 0.29) is 30.6 Å². The second kappa shape index (κ2) is 9.05. The van der Waals surface area contributed by atoms with Crippen molar-refractivity contribution in [3.8, 4) is 5.75 Å². The van der Waals surface area contributed by atoms with Crippen LogP contribution in [0.15, 0.2) is 48.5 Å². The summed E-state index contributed by atoms with van der Waals surface area (Å²) in [6.45, 7) is 2.77. The van der Waals surface area contributed by atoms with Gasteiger partial charge in [0.25, 0.3) is 11.6 Å². The predicted molar refractivity (Wildman–Crippen MR) is 108 cm³/mol. The number of nitro benzene ring substituents is 1. The van der Waals surface area contributed by atoms with Crippen molar-refractivity contribution in [3.05, 3.63) is 58.6 Å². The maximum Gasteiger partial charge on any atom is 0.269 e. The summed E-state index contributed by atoms with van der Waals surface area (Å²) in [5.74, 6) is 0.0175. The number of ether oxygens (including phenoxy) is 1. The highest BCUT2D eigenvalue weighted by Gasteiger charge is 2.31. The Morgan fingerprint density at radius 2 is 1.93 bits per heavy atom. The van der Waals surface area contributed by atoms with Crippen LogP contribution in [0.3, 0.4) is 0 Å². The molecule has 0 aromatic heterocycles. The number of carbonyl (C=O) groups excluding carboxylic acids is 2. The first-order valence-corrected chi connectivity index (χ1v) is 9.30. The standard InChI is InChI=1S/C20H22N4O5/c1-2-11-21-20(26)18-12-23(16-5-3-4-6-17(16)29-18)13-19(25)22-14-7-9-15(10-8-14)24(27)28/h3-10,18H,2,11-13H2,1H3,(H,21,26)(H,22,25)/t18-/m1/s1. The fourth-order valence-electron chi connectivity index (χ4n) is 3.00. The van der Waals surface area contributed by atoms with Gasteiger partial charge in [-0.05, 0) is 30.7 Å². The number of nitrogens with zero attached hydrogens (tertiary/aromatic N) is 2. The molecule has 0 radical (unpaired) electrons. The number of non-ortho nitro benzene ring substituents is 1. The van der Waals surface area contributed by atoms with Crippen LogP contribution in [0.2, 0.25) is 0 Å². The molecule has 3 rings (SSSR count). The molecule has 0 saturated carbocycles. The van der Waals surface area contributed by atoms with Crippen LogP contribution < -0.4 is 20.3 Å². The number of carbonyl (C=O) groups is 2. The first-order chi connectivity index (χ1) is 14.0. The lowest BCUT2D eigenvalue weighted by Gasteiger charge is -2.35. The van der Waals surface area contributed by atoms with Gasteiger partial charge in [0.2, 0.25) is 5.91 Å². The number of hydrogen-bond acceptors (Lipinski definition) is 6. The first kappa shape index (κ1) is 20.1. The molecule has 0 unspecified atom stereocenters. The fourth-order valence-corrected chi connectivity index (χ4v) is 3.00. The summed E-state index contributed by atoms with van der Waals surface area (Å²) >= 11 is 0. The minimum Gasteiger partial charge on any atom is -0.477 e. The quantitative estimate of drug-likeness (QED) is 0.547. The molecule has 29 heavy (non-hydrogen) atoms. The van der Waals surface area contributed by atoms with Crippen LogP contribution in [0.25, 0.3) is 0 Å². The van der Waals surface area contributed by atoms with Crippen LogP contribution in [0.1, 0.15) is 13.3 Å². The Bertz CT molecular complexity index is 900.